The van der Waals surface area contributed by atoms with Crippen molar-refractivity contribution in [3.63, 3.8) is 0 Å². The third-order valence-corrected chi connectivity index (χ3v) is 3.56. The Hall–Kier alpha value is -1.31. The largest absolute Gasteiger partial charge is 0.755 e. The first-order chi connectivity index (χ1) is 10.6. The molecule has 2 aromatic rings. The fourth-order valence-electron chi connectivity index (χ4n) is 1.69. The summed E-state index contributed by atoms with van der Waals surface area (Å²) in [5, 5.41) is 0.368. The first-order valence-corrected chi connectivity index (χ1v) is 7.99. The van der Waals surface area contributed by atoms with E-state index < -0.39 is 11.3 Å². The molecule has 2 rings (SSSR count). The van der Waals surface area contributed by atoms with E-state index >= 15 is 0 Å². The van der Waals surface area contributed by atoms with Crippen molar-refractivity contribution in [2.45, 2.75) is 6.61 Å². The highest BCUT2D eigenvalue weighted by molar-refractivity contribution is 7.80. The lowest BCUT2D eigenvalue weighted by Crippen LogP contribution is -2.05. The van der Waals surface area contributed by atoms with Gasteiger partial charge >= 0.3 is 0 Å². The summed E-state index contributed by atoms with van der Waals surface area (Å²) in [5.41, 5.74) is 1.27. The maximum atomic E-state index is 10.6. The summed E-state index contributed by atoms with van der Waals surface area (Å²) in [6, 6.07) is 12.4. The van der Waals surface area contributed by atoms with Crippen LogP contribution < -0.4 is 9.46 Å². The van der Waals surface area contributed by atoms with Crippen molar-refractivity contribution in [3.05, 3.63) is 58.1 Å². The van der Waals surface area contributed by atoms with Gasteiger partial charge in [0.2, 0.25) is 0 Å². The van der Waals surface area contributed by atoms with E-state index in [4.69, 9.17) is 32.7 Å². The van der Waals surface area contributed by atoms with Crippen molar-refractivity contribution in [1.82, 2.24) is 0 Å². The highest BCUT2D eigenvalue weighted by Gasteiger charge is 2.10. The minimum Gasteiger partial charge on any atom is -0.755 e. The van der Waals surface area contributed by atoms with E-state index in [9.17, 15) is 8.76 Å². The van der Waals surface area contributed by atoms with E-state index in [0.29, 0.717) is 6.61 Å². The average Bonchev–Trinajstić information content (AvgIpc) is 2.46. The molecule has 0 amide bonds. The number of benzene rings is 2. The van der Waals surface area contributed by atoms with Crippen molar-refractivity contribution in [3.8, 4) is 5.75 Å². The standard InChI is InChI=1S/C14H13Cl2NO4S/c15-12-6-11(17-22(18)19)7-13(16)14(12)21-9-20-8-10-4-2-1-3-5-10/h1-7,17H,8-9H2,(H,18,19)/p-1. The first-order valence-electron chi connectivity index (χ1n) is 6.15. The second-order valence-electron chi connectivity index (χ2n) is 4.20. The number of halogens is 2. The molecule has 0 saturated carbocycles. The number of rotatable bonds is 7. The Kier molecular flexibility index (Phi) is 6.48. The zero-order valence-electron chi connectivity index (χ0n) is 11.3. The minimum absolute atomic E-state index is 0.0331. The first kappa shape index (κ1) is 17.1. The molecule has 1 atom stereocenters. The van der Waals surface area contributed by atoms with Gasteiger partial charge in [0.25, 0.3) is 0 Å². The van der Waals surface area contributed by atoms with Gasteiger partial charge < -0.3 is 18.7 Å². The molecule has 1 N–H and O–H groups in total. The van der Waals surface area contributed by atoms with E-state index in [0.717, 1.165) is 5.56 Å². The lowest BCUT2D eigenvalue weighted by atomic mass is 10.2. The van der Waals surface area contributed by atoms with Gasteiger partial charge in [-0.15, -0.1) is 0 Å². The Balaban J connectivity index is 1.91. The van der Waals surface area contributed by atoms with E-state index in [-0.39, 0.29) is 28.3 Å². The minimum atomic E-state index is -2.45. The van der Waals surface area contributed by atoms with Crippen molar-refractivity contribution < 1.29 is 18.2 Å². The molecule has 0 aliphatic carbocycles. The van der Waals surface area contributed by atoms with E-state index in [1.807, 2.05) is 30.3 Å². The molecule has 22 heavy (non-hydrogen) atoms. The van der Waals surface area contributed by atoms with Crippen LogP contribution >= 0.6 is 23.2 Å². The second-order valence-corrected chi connectivity index (χ2v) is 5.69. The Morgan fingerprint density at radius 2 is 1.77 bits per heavy atom. The summed E-state index contributed by atoms with van der Waals surface area (Å²) in [6.07, 6.45) is 0. The summed E-state index contributed by atoms with van der Waals surface area (Å²) in [5.74, 6) is 0.235. The molecule has 0 spiro atoms. The van der Waals surface area contributed by atoms with Gasteiger partial charge in [0.05, 0.1) is 16.7 Å². The Morgan fingerprint density at radius 1 is 1.14 bits per heavy atom. The number of hydrogen-bond acceptors (Lipinski definition) is 4. The molecule has 0 radical (unpaired) electrons. The van der Waals surface area contributed by atoms with Crippen LogP contribution in [0.2, 0.25) is 10.0 Å². The summed E-state index contributed by atoms with van der Waals surface area (Å²) < 4.78 is 34.1. The second kappa shape index (κ2) is 8.36. The molecule has 0 aliphatic rings. The van der Waals surface area contributed by atoms with Gasteiger partial charge in [-0.3, -0.25) is 4.21 Å². The molecular weight excluding hydrogens is 349 g/mol. The molecule has 0 fully saturated rings. The van der Waals surface area contributed by atoms with Crippen LogP contribution in [0.25, 0.3) is 0 Å². The predicted molar refractivity (Wildman–Crippen MR) is 85.7 cm³/mol. The van der Waals surface area contributed by atoms with Crippen LogP contribution in [0.3, 0.4) is 0 Å². The SMILES string of the molecule is O=S([O-])Nc1cc(Cl)c(OCOCc2ccccc2)c(Cl)c1. The molecule has 0 saturated heterocycles. The highest BCUT2D eigenvalue weighted by Crippen LogP contribution is 2.36. The van der Waals surface area contributed by atoms with Crippen LogP contribution in [0.1, 0.15) is 5.56 Å². The maximum Gasteiger partial charge on any atom is 0.189 e. The van der Waals surface area contributed by atoms with Gasteiger partial charge in [-0.2, -0.15) is 0 Å². The molecule has 0 heterocycles. The molecular formula is C14H12Cl2NO4S-. The zero-order valence-corrected chi connectivity index (χ0v) is 13.6. The van der Waals surface area contributed by atoms with E-state index in [1.54, 1.807) is 0 Å². The molecule has 1 unspecified atom stereocenters. The normalized spacial score (nSPS) is 12.0. The quantitative estimate of drug-likeness (QED) is 0.463. The van der Waals surface area contributed by atoms with Crippen LogP contribution in [0.5, 0.6) is 5.75 Å². The number of anilines is 1. The van der Waals surface area contributed by atoms with Crippen molar-refractivity contribution in [1.29, 1.82) is 0 Å². The van der Waals surface area contributed by atoms with Gasteiger partial charge in [-0.05, 0) is 17.7 Å². The molecule has 118 valence electrons. The number of hydrogen-bond donors (Lipinski definition) is 1. The van der Waals surface area contributed by atoms with Crippen LogP contribution in [0.4, 0.5) is 5.69 Å². The van der Waals surface area contributed by atoms with Crippen LogP contribution in [-0.2, 0) is 22.6 Å². The van der Waals surface area contributed by atoms with Gasteiger partial charge in [0, 0.05) is 17.0 Å². The molecule has 2 aromatic carbocycles. The monoisotopic (exact) mass is 360 g/mol. The number of ether oxygens (including phenoxy) is 2. The fourth-order valence-corrected chi connectivity index (χ4v) is 2.59. The van der Waals surface area contributed by atoms with Crippen LogP contribution in [0, 0.1) is 0 Å². The van der Waals surface area contributed by atoms with Gasteiger partial charge in [-0.25, -0.2) is 0 Å². The van der Waals surface area contributed by atoms with Crippen LogP contribution in [-0.4, -0.2) is 15.6 Å². The topological polar surface area (TPSA) is 70.6 Å². The summed E-state index contributed by atoms with van der Waals surface area (Å²) in [6.45, 7) is 0.361. The summed E-state index contributed by atoms with van der Waals surface area (Å²) in [7, 11) is 0. The van der Waals surface area contributed by atoms with E-state index in [2.05, 4.69) is 4.72 Å². The highest BCUT2D eigenvalue weighted by atomic mass is 35.5. The van der Waals surface area contributed by atoms with Crippen LogP contribution in [0.15, 0.2) is 42.5 Å². The van der Waals surface area contributed by atoms with Gasteiger partial charge in [0.15, 0.2) is 12.5 Å². The lowest BCUT2D eigenvalue weighted by molar-refractivity contribution is 0.00516. The van der Waals surface area contributed by atoms with Gasteiger partial charge in [-0.1, -0.05) is 53.5 Å². The average molecular weight is 361 g/mol. The lowest BCUT2D eigenvalue weighted by Gasteiger charge is -2.14. The Bertz CT molecular complexity index is 632. The molecule has 5 nitrogen and oxygen atoms in total. The Labute approximate surface area is 140 Å². The summed E-state index contributed by atoms with van der Waals surface area (Å²) in [4.78, 5) is 0. The summed E-state index contributed by atoms with van der Waals surface area (Å²) >= 11 is 9.57. The van der Waals surface area contributed by atoms with Crippen molar-refractivity contribution >= 4 is 40.2 Å². The maximum absolute atomic E-state index is 10.6. The molecule has 0 bridgehead atoms. The predicted octanol–water partition coefficient (Wildman–Crippen LogP) is 3.75. The third kappa shape index (κ3) is 5.15. The van der Waals surface area contributed by atoms with Crippen molar-refractivity contribution in [2.24, 2.45) is 0 Å². The fraction of sp³-hybridized carbons (Fsp3) is 0.143. The molecule has 0 aromatic heterocycles. The van der Waals surface area contributed by atoms with Crippen molar-refractivity contribution in [2.75, 3.05) is 11.5 Å². The van der Waals surface area contributed by atoms with E-state index in [1.165, 1.54) is 12.1 Å². The molecule has 8 heteroatoms. The third-order valence-electron chi connectivity index (χ3n) is 2.60. The smallest absolute Gasteiger partial charge is 0.189 e. The molecule has 0 aliphatic heterocycles. The van der Waals surface area contributed by atoms with Gasteiger partial charge in [0.1, 0.15) is 0 Å². The number of nitrogens with one attached hydrogen (secondary N) is 1. The Morgan fingerprint density at radius 3 is 2.36 bits per heavy atom. The zero-order chi connectivity index (χ0) is 15.9.